The van der Waals surface area contributed by atoms with Crippen molar-refractivity contribution in [2.45, 2.75) is 38.0 Å². The van der Waals surface area contributed by atoms with E-state index in [1.165, 1.54) is 38.2 Å². The summed E-state index contributed by atoms with van der Waals surface area (Å²) in [6.07, 6.45) is 2.27. The zero-order chi connectivity index (χ0) is 21.6. The molecule has 0 bridgehead atoms. The summed E-state index contributed by atoms with van der Waals surface area (Å²) in [5, 5.41) is 2.85. The predicted molar refractivity (Wildman–Crippen MR) is 109 cm³/mol. The first-order valence-corrected chi connectivity index (χ1v) is 11.2. The molecule has 8 nitrogen and oxygen atoms in total. The third-order valence-electron chi connectivity index (χ3n) is 5.02. The first kappa shape index (κ1) is 23.0. The molecule has 2 rings (SSSR count). The van der Waals surface area contributed by atoms with Crippen LogP contribution in [0.25, 0.3) is 0 Å². The number of benzene rings is 1. The number of carbonyl (C=O) groups is 3. The number of likely N-dealkylation sites (tertiary alicyclic amines) is 1. The quantitative estimate of drug-likeness (QED) is 0.634. The van der Waals surface area contributed by atoms with Gasteiger partial charge < -0.3 is 10.2 Å². The second kappa shape index (κ2) is 9.98. The molecule has 1 fully saturated rings. The largest absolute Gasteiger partial charge is 0.356 e. The third-order valence-corrected chi connectivity index (χ3v) is 6.84. The van der Waals surface area contributed by atoms with Crippen LogP contribution in [0.15, 0.2) is 29.2 Å². The summed E-state index contributed by atoms with van der Waals surface area (Å²) in [5.74, 6) is -0.805. The van der Waals surface area contributed by atoms with Crippen LogP contribution < -0.4 is 5.32 Å². The van der Waals surface area contributed by atoms with Gasteiger partial charge in [0.05, 0.1) is 17.4 Å². The van der Waals surface area contributed by atoms with E-state index in [9.17, 15) is 22.8 Å². The highest BCUT2D eigenvalue weighted by atomic mass is 32.2. The van der Waals surface area contributed by atoms with Gasteiger partial charge in [-0.25, -0.2) is 8.42 Å². The zero-order valence-corrected chi connectivity index (χ0v) is 18.0. The average Bonchev–Trinajstić information content (AvgIpc) is 2.71. The minimum absolute atomic E-state index is 0.0215. The summed E-state index contributed by atoms with van der Waals surface area (Å²) >= 11 is 0. The molecule has 2 amide bonds. The number of rotatable bonds is 8. The van der Waals surface area contributed by atoms with E-state index in [1.54, 1.807) is 4.90 Å². The molecule has 9 heteroatoms. The molecule has 0 radical (unpaired) electrons. The van der Waals surface area contributed by atoms with Gasteiger partial charge in [-0.2, -0.15) is 4.31 Å². The van der Waals surface area contributed by atoms with Crippen LogP contribution >= 0.6 is 0 Å². The summed E-state index contributed by atoms with van der Waals surface area (Å²) in [5.41, 5.74) is 0.420. The van der Waals surface area contributed by atoms with Gasteiger partial charge in [-0.1, -0.05) is 19.1 Å². The van der Waals surface area contributed by atoms with E-state index >= 15 is 0 Å². The topological polar surface area (TPSA) is 104 Å². The number of hydrogen-bond acceptors (Lipinski definition) is 5. The lowest BCUT2D eigenvalue weighted by Gasteiger charge is -2.33. The van der Waals surface area contributed by atoms with Crippen LogP contribution in [0, 0.1) is 5.92 Å². The van der Waals surface area contributed by atoms with Gasteiger partial charge in [-0.3, -0.25) is 14.4 Å². The number of amides is 2. The highest BCUT2D eigenvalue weighted by Crippen LogP contribution is 2.19. The van der Waals surface area contributed by atoms with Crippen molar-refractivity contribution in [1.82, 2.24) is 14.5 Å². The molecule has 1 heterocycles. The van der Waals surface area contributed by atoms with E-state index in [-0.39, 0.29) is 35.0 Å². The molecule has 1 atom stereocenters. The fraction of sp³-hybridized carbons (Fsp3) is 0.550. The molecule has 0 aliphatic carbocycles. The fourth-order valence-electron chi connectivity index (χ4n) is 3.23. The molecular formula is C20H29N3O5S. The number of carbonyl (C=O) groups excluding carboxylic acids is 3. The van der Waals surface area contributed by atoms with E-state index in [1.807, 2.05) is 6.92 Å². The average molecular weight is 424 g/mol. The number of nitrogens with one attached hydrogen (secondary N) is 1. The maximum atomic E-state index is 12.7. The number of nitrogens with zero attached hydrogens (tertiary/aromatic N) is 2. The molecular weight excluding hydrogens is 394 g/mol. The Morgan fingerprint density at radius 3 is 2.45 bits per heavy atom. The molecule has 1 unspecified atom stereocenters. The van der Waals surface area contributed by atoms with Gasteiger partial charge >= 0.3 is 0 Å². The van der Waals surface area contributed by atoms with Crippen molar-refractivity contribution >= 4 is 27.6 Å². The SMILES string of the molecule is CCCNC(=O)C1CCCN(C(=O)CN(C)S(=O)(=O)c2ccc(C(C)=O)cc2)C1. The van der Waals surface area contributed by atoms with Gasteiger partial charge in [0.1, 0.15) is 0 Å². The molecule has 0 aromatic heterocycles. The molecule has 0 saturated carbocycles. The van der Waals surface area contributed by atoms with Gasteiger partial charge in [-0.05, 0) is 38.3 Å². The van der Waals surface area contributed by atoms with Crippen molar-refractivity contribution in [3.63, 3.8) is 0 Å². The van der Waals surface area contributed by atoms with E-state index < -0.39 is 10.0 Å². The third kappa shape index (κ3) is 5.86. The van der Waals surface area contributed by atoms with Gasteiger partial charge in [0.25, 0.3) is 0 Å². The summed E-state index contributed by atoms with van der Waals surface area (Å²) in [6, 6.07) is 5.63. The van der Waals surface area contributed by atoms with Gasteiger partial charge in [0, 0.05) is 32.2 Å². The predicted octanol–water partition coefficient (Wildman–Crippen LogP) is 1.27. The van der Waals surface area contributed by atoms with Crippen LogP contribution in [0.2, 0.25) is 0 Å². The number of ketones is 1. The van der Waals surface area contributed by atoms with Crippen molar-refractivity contribution in [3.8, 4) is 0 Å². The molecule has 1 N–H and O–H groups in total. The van der Waals surface area contributed by atoms with Crippen LogP contribution in [-0.4, -0.2) is 68.4 Å². The van der Waals surface area contributed by atoms with Crippen LogP contribution in [0.1, 0.15) is 43.5 Å². The Morgan fingerprint density at radius 1 is 1.21 bits per heavy atom. The molecule has 1 aliphatic heterocycles. The minimum Gasteiger partial charge on any atom is -0.356 e. The fourth-order valence-corrected chi connectivity index (χ4v) is 4.35. The Hall–Kier alpha value is -2.26. The van der Waals surface area contributed by atoms with Crippen LogP contribution in [-0.2, 0) is 19.6 Å². The number of sulfonamides is 1. The van der Waals surface area contributed by atoms with Crippen molar-refractivity contribution in [2.24, 2.45) is 5.92 Å². The lowest BCUT2D eigenvalue weighted by atomic mass is 9.97. The van der Waals surface area contributed by atoms with Crippen molar-refractivity contribution in [1.29, 1.82) is 0 Å². The number of likely N-dealkylation sites (N-methyl/N-ethyl adjacent to an activating group) is 1. The van der Waals surface area contributed by atoms with Crippen molar-refractivity contribution in [3.05, 3.63) is 29.8 Å². The Kier molecular flexibility index (Phi) is 7.92. The lowest BCUT2D eigenvalue weighted by Crippen LogP contribution is -2.48. The number of piperidine rings is 1. The number of Topliss-reactive ketones (excluding diaryl/α,β-unsaturated/α-hetero) is 1. The highest BCUT2D eigenvalue weighted by molar-refractivity contribution is 7.89. The molecule has 1 saturated heterocycles. The first-order chi connectivity index (χ1) is 13.7. The second-order valence-electron chi connectivity index (χ2n) is 7.31. The summed E-state index contributed by atoms with van der Waals surface area (Å²) in [6.45, 7) is 4.49. The molecule has 29 heavy (non-hydrogen) atoms. The highest BCUT2D eigenvalue weighted by Gasteiger charge is 2.30. The van der Waals surface area contributed by atoms with Crippen molar-refractivity contribution in [2.75, 3.05) is 33.2 Å². The van der Waals surface area contributed by atoms with E-state index in [4.69, 9.17) is 0 Å². The second-order valence-corrected chi connectivity index (χ2v) is 9.36. The summed E-state index contributed by atoms with van der Waals surface area (Å²) in [7, 11) is -2.51. The Morgan fingerprint density at radius 2 is 1.86 bits per heavy atom. The van der Waals surface area contributed by atoms with Crippen LogP contribution in [0.4, 0.5) is 0 Å². The number of hydrogen-bond donors (Lipinski definition) is 1. The molecule has 1 aromatic carbocycles. The van der Waals surface area contributed by atoms with E-state index in [0.29, 0.717) is 31.6 Å². The summed E-state index contributed by atoms with van der Waals surface area (Å²) < 4.78 is 26.5. The molecule has 160 valence electrons. The van der Waals surface area contributed by atoms with Gasteiger partial charge in [0.15, 0.2) is 5.78 Å². The Labute approximate surface area is 172 Å². The molecule has 0 spiro atoms. The van der Waals surface area contributed by atoms with Gasteiger partial charge in [-0.15, -0.1) is 0 Å². The summed E-state index contributed by atoms with van der Waals surface area (Å²) in [4.78, 5) is 37.8. The smallest absolute Gasteiger partial charge is 0.243 e. The van der Waals surface area contributed by atoms with Crippen molar-refractivity contribution < 1.29 is 22.8 Å². The first-order valence-electron chi connectivity index (χ1n) is 9.79. The monoisotopic (exact) mass is 423 g/mol. The normalized spacial score (nSPS) is 17.2. The zero-order valence-electron chi connectivity index (χ0n) is 17.2. The Balaban J connectivity index is 2.01. The van der Waals surface area contributed by atoms with E-state index in [2.05, 4.69) is 5.32 Å². The van der Waals surface area contributed by atoms with Crippen LogP contribution in [0.3, 0.4) is 0 Å². The lowest BCUT2D eigenvalue weighted by molar-refractivity contribution is -0.135. The standard InChI is InChI=1S/C20H29N3O5S/c1-4-11-21-20(26)17-6-5-12-23(13-17)19(25)14-22(3)29(27,28)18-9-7-16(8-10-18)15(2)24/h7-10,17H,4-6,11-14H2,1-3H3,(H,21,26). The van der Waals surface area contributed by atoms with E-state index in [0.717, 1.165) is 17.1 Å². The van der Waals surface area contributed by atoms with Crippen LogP contribution in [0.5, 0.6) is 0 Å². The van der Waals surface area contributed by atoms with Gasteiger partial charge in [0.2, 0.25) is 21.8 Å². The maximum Gasteiger partial charge on any atom is 0.243 e. The molecule has 1 aromatic rings. The minimum atomic E-state index is -3.86. The molecule has 1 aliphatic rings. The Bertz CT molecular complexity index is 851. The maximum absolute atomic E-state index is 12.7.